The van der Waals surface area contributed by atoms with E-state index in [4.69, 9.17) is 5.11 Å². The second-order valence-corrected chi connectivity index (χ2v) is 9.54. The number of nitrogens with one attached hydrogen (secondary N) is 1. The zero-order valence-electron chi connectivity index (χ0n) is 21.9. The number of carbonyl (C=O) groups is 2. The average molecular weight is 556 g/mol. The number of nitrogens with zero attached hydrogens (tertiary/aromatic N) is 8. The molecular weight excluding hydrogens is 529 g/mol. The first-order valence-electron chi connectivity index (χ1n) is 13.0. The molecule has 0 aliphatic carbocycles. The van der Waals surface area contributed by atoms with Gasteiger partial charge in [0.25, 0.3) is 5.91 Å². The molecule has 1 aromatic carbocycles. The van der Waals surface area contributed by atoms with Crippen molar-refractivity contribution in [2.45, 2.75) is 25.6 Å². The molecule has 12 nitrogen and oxygen atoms in total. The van der Waals surface area contributed by atoms with Gasteiger partial charge in [0, 0.05) is 36.4 Å². The van der Waals surface area contributed by atoms with Gasteiger partial charge in [-0.3, -0.25) is 9.48 Å². The van der Waals surface area contributed by atoms with Gasteiger partial charge < -0.3 is 20.2 Å². The highest BCUT2D eigenvalue weighted by Gasteiger charge is 2.41. The molecule has 0 saturated carbocycles. The minimum Gasteiger partial charge on any atom is -0.394 e. The van der Waals surface area contributed by atoms with E-state index in [1.54, 1.807) is 64.7 Å². The van der Waals surface area contributed by atoms with Crippen LogP contribution in [0.5, 0.6) is 0 Å². The molecule has 208 valence electrons. The van der Waals surface area contributed by atoms with Gasteiger partial charge in [0.05, 0.1) is 37.6 Å². The van der Waals surface area contributed by atoms with E-state index in [1.807, 2.05) is 12.1 Å². The van der Waals surface area contributed by atoms with E-state index in [0.29, 0.717) is 41.5 Å². The number of para-hydroxylation sites is 1. The first kappa shape index (κ1) is 26.1. The molecule has 2 aliphatic heterocycles. The zero-order chi connectivity index (χ0) is 28.5. The van der Waals surface area contributed by atoms with Crippen LogP contribution in [0.1, 0.15) is 23.6 Å². The third-order valence-corrected chi connectivity index (χ3v) is 6.99. The number of amides is 3. The molecular formula is C28H26FN9O3. The van der Waals surface area contributed by atoms with E-state index in [9.17, 15) is 14.0 Å². The van der Waals surface area contributed by atoms with E-state index in [-0.39, 0.29) is 31.7 Å². The Morgan fingerprint density at radius 1 is 1.15 bits per heavy atom. The fourth-order valence-corrected chi connectivity index (χ4v) is 5.17. The van der Waals surface area contributed by atoms with Crippen molar-refractivity contribution in [3.63, 3.8) is 0 Å². The van der Waals surface area contributed by atoms with Crippen LogP contribution in [-0.2, 0) is 17.9 Å². The SMILES string of the molecule is C=C(F)C(=O)N1CC[C@H](N2Cc3cnc(Nc4cnn(CCO)c4)nc3N(c3ccccn3)C2=O)c2ccccc21. The van der Waals surface area contributed by atoms with Gasteiger partial charge in [-0.2, -0.15) is 10.1 Å². The van der Waals surface area contributed by atoms with Crippen molar-refractivity contribution in [2.24, 2.45) is 0 Å². The standard InChI is InChI=1S/C28H26FN9O3/c1-18(29)26(40)36-11-9-23(21-6-2-3-7-22(21)36)37-16-19-14-31-27(33-20-15-32-35(17-20)12-13-39)34-25(19)38(28(37)41)24-8-4-5-10-30-24/h2-8,10,14-15,17,23,39H,1,9,11-13,16H2,(H,31,33,34)/t23-/m0/s1. The predicted octanol–water partition coefficient (Wildman–Crippen LogP) is 3.84. The summed E-state index contributed by atoms with van der Waals surface area (Å²) in [7, 11) is 0. The number of fused-ring (bicyclic) bond motifs is 2. The first-order valence-corrected chi connectivity index (χ1v) is 13.0. The lowest BCUT2D eigenvalue weighted by Gasteiger charge is -2.43. The Morgan fingerprint density at radius 3 is 2.76 bits per heavy atom. The monoisotopic (exact) mass is 555 g/mol. The van der Waals surface area contributed by atoms with Crippen LogP contribution in [0.25, 0.3) is 0 Å². The smallest absolute Gasteiger partial charge is 0.332 e. The second kappa shape index (κ2) is 10.8. The van der Waals surface area contributed by atoms with Crippen molar-refractivity contribution in [1.82, 2.24) is 29.6 Å². The fourth-order valence-electron chi connectivity index (χ4n) is 5.17. The third kappa shape index (κ3) is 4.87. The number of urea groups is 1. The predicted molar refractivity (Wildman–Crippen MR) is 148 cm³/mol. The molecule has 5 heterocycles. The molecule has 1 atom stereocenters. The van der Waals surface area contributed by atoms with Gasteiger partial charge >= 0.3 is 6.03 Å². The van der Waals surface area contributed by atoms with E-state index < -0.39 is 17.8 Å². The minimum atomic E-state index is -1.04. The quantitative estimate of drug-likeness (QED) is 0.329. The molecule has 41 heavy (non-hydrogen) atoms. The number of benzene rings is 1. The summed E-state index contributed by atoms with van der Waals surface area (Å²) in [6.45, 7) is 3.91. The summed E-state index contributed by atoms with van der Waals surface area (Å²) in [5.41, 5.74) is 2.59. The molecule has 2 N–H and O–H groups in total. The number of rotatable bonds is 7. The topological polar surface area (TPSA) is 133 Å². The van der Waals surface area contributed by atoms with Gasteiger partial charge in [-0.15, -0.1) is 0 Å². The van der Waals surface area contributed by atoms with E-state index in [0.717, 1.165) is 5.56 Å². The first-order chi connectivity index (χ1) is 19.9. The Morgan fingerprint density at radius 2 is 1.98 bits per heavy atom. The molecule has 2 aliphatic rings. The van der Waals surface area contributed by atoms with Crippen LogP contribution in [0.4, 0.5) is 38.1 Å². The molecule has 6 rings (SSSR count). The molecule has 0 saturated heterocycles. The van der Waals surface area contributed by atoms with Crippen LogP contribution in [0.2, 0.25) is 0 Å². The average Bonchev–Trinajstić information content (AvgIpc) is 3.43. The van der Waals surface area contributed by atoms with Crippen LogP contribution in [0, 0.1) is 0 Å². The van der Waals surface area contributed by atoms with Gasteiger partial charge in [0.2, 0.25) is 5.95 Å². The maximum absolute atomic E-state index is 14.2. The largest absolute Gasteiger partial charge is 0.394 e. The summed E-state index contributed by atoms with van der Waals surface area (Å²) in [5, 5.41) is 16.4. The number of anilines is 5. The summed E-state index contributed by atoms with van der Waals surface area (Å²) in [6, 6.07) is 11.7. The van der Waals surface area contributed by atoms with Crippen LogP contribution in [0.15, 0.2) is 79.7 Å². The number of pyridine rings is 1. The lowest BCUT2D eigenvalue weighted by Crippen LogP contribution is -2.49. The summed E-state index contributed by atoms with van der Waals surface area (Å²) in [4.78, 5) is 44.8. The summed E-state index contributed by atoms with van der Waals surface area (Å²) in [6.07, 6.45) is 6.96. The third-order valence-electron chi connectivity index (χ3n) is 6.99. The number of carbonyl (C=O) groups excluding carboxylic acids is 2. The zero-order valence-corrected chi connectivity index (χ0v) is 21.9. The normalized spacial score (nSPS) is 16.3. The Labute approximate surface area is 234 Å². The molecule has 0 spiro atoms. The Hall–Kier alpha value is -5.17. The van der Waals surface area contributed by atoms with Crippen LogP contribution in [0.3, 0.4) is 0 Å². The Balaban J connectivity index is 1.37. The number of hydrogen-bond donors (Lipinski definition) is 2. The number of hydrogen-bond acceptors (Lipinski definition) is 8. The van der Waals surface area contributed by atoms with Crippen LogP contribution >= 0.6 is 0 Å². The lowest BCUT2D eigenvalue weighted by molar-refractivity contribution is -0.116. The maximum atomic E-state index is 14.2. The van der Waals surface area contributed by atoms with Gasteiger partial charge in [0.15, 0.2) is 11.6 Å². The Kier molecular flexibility index (Phi) is 6.85. The van der Waals surface area contributed by atoms with E-state index >= 15 is 0 Å². The maximum Gasteiger partial charge on any atom is 0.332 e. The molecule has 3 aromatic heterocycles. The lowest BCUT2D eigenvalue weighted by atomic mass is 9.94. The number of aromatic nitrogens is 5. The number of halogens is 1. The summed E-state index contributed by atoms with van der Waals surface area (Å²) < 4.78 is 15.4. The van der Waals surface area contributed by atoms with E-state index in [1.165, 1.54) is 9.80 Å². The van der Waals surface area contributed by atoms with Gasteiger partial charge in [-0.05, 0) is 30.2 Å². The Bertz CT molecular complexity index is 1630. The second-order valence-electron chi connectivity index (χ2n) is 9.54. The van der Waals surface area contributed by atoms with Crippen molar-refractivity contribution >= 4 is 40.9 Å². The highest BCUT2D eigenvalue weighted by molar-refractivity contribution is 6.05. The van der Waals surface area contributed by atoms with Crippen molar-refractivity contribution < 1.29 is 19.1 Å². The molecule has 13 heteroatoms. The molecule has 0 unspecified atom stereocenters. The minimum absolute atomic E-state index is 0.0426. The fraction of sp³-hybridized carbons (Fsp3) is 0.214. The highest BCUT2D eigenvalue weighted by atomic mass is 19.1. The van der Waals surface area contributed by atoms with Crippen molar-refractivity contribution in [2.75, 3.05) is 28.3 Å². The van der Waals surface area contributed by atoms with Crippen molar-refractivity contribution in [3.05, 3.63) is 90.8 Å². The molecule has 0 bridgehead atoms. The molecule has 0 fully saturated rings. The van der Waals surface area contributed by atoms with E-state index in [2.05, 4.69) is 31.9 Å². The summed E-state index contributed by atoms with van der Waals surface area (Å²) in [5.74, 6) is -0.794. The summed E-state index contributed by atoms with van der Waals surface area (Å²) >= 11 is 0. The molecule has 4 aromatic rings. The van der Waals surface area contributed by atoms with Gasteiger partial charge in [-0.1, -0.05) is 30.8 Å². The van der Waals surface area contributed by atoms with Crippen LogP contribution < -0.4 is 15.1 Å². The van der Waals surface area contributed by atoms with Gasteiger partial charge in [-0.25, -0.2) is 24.1 Å². The van der Waals surface area contributed by atoms with Gasteiger partial charge in [0.1, 0.15) is 5.82 Å². The number of aliphatic hydroxyl groups excluding tert-OH is 1. The van der Waals surface area contributed by atoms with Crippen LogP contribution in [-0.4, -0.2) is 59.8 Å². The number of aliphatic hydroxyl groups is 1. The van der Waals surface area contributed by atoms with Crippen molar-refractivity contribution in [3.8, 4) is 0 Å². The van der Waals surface area contributed by atoms with Crippen molar-refractivity contribution in [1.29, 1.82) is 0 Å². The highest BCUT2D eigenvalue weighted by Crippen LogP contribution is 2.43. The molecule has 3 amide bonds. The molecule has 0 radical (unpaired) electrons.